The molecule has 5 rings (SSSR count). The lowest BCUT2D eigenvalue weighted by Gasteiger charge is -2.40. The van der Waals surface area contributed by atoms with Crippen LogP contribution >= 0.6 is 0 Å². The highest BCUT2D eigenvalue weighted by atomic mass is 16.2. The van der Waals surface area contributed by atoms with E-state index in [1.807, 2.05) is 4.90 Å². The first-order chi connectivity index (χ1) is 12.5. The van der Waals surface area contributed by atoms with Gasteiger partial charge in [-0.1, -0.05) is 6.42 Å². The van der Waals surface area contributed by atoms with E-state index in [1.165, 1.54) is 49.4 Å². The van der Waals surface area contributed by atoms with Crippen molar-refractivity contribution in [3.63, 3.8) is 0 Å². The number of amides is 1. The number of piperidine rings is 1. The molecule has 1 aromatic heterocycles. The lowest BCUT2D eigenvalue weighted by molar-refractivity contribution is -0.132. The van der Waals surface area contributed by atoms with Gasteiger partial charge in [-0.05, 0) is 44.4 Å². The van der Waals surface area contributed by atoms with Gasteiger partial charge in [0.25, 0.3) is 5.56 Å². The highest BCUT2D eigenvalue weighted by Crippen LogP contribution is 2.33. The Balaban J connectivity index is 1.44. The molecule has 4 heterocycles. The first-order valence-electron chi connectivity index (χ1n) is 9.82. The standard InChI is InChI=1S/C19H28N4O3/c1-13-7-23(19(26)20-18(13)25)12-17(24)22-10-15-5-6-16(11-22)21(9-15)8-14-3-2-4-14/h7,14-16H,2-6,8-12H2,1H3,(H,20,25,26)/t15-,16-/m0/s1. The molecule has 0 unspecified atom stereocenters. The van der Waals surface area contributed by atoms with E-state index in [2.05, 4.69) is 9.88 Å². The summed E-state index contributed by atoms with van der Waals surface area (Å²) >= 11 is 0. The quantitative estimate of drug-likeness (QED) is 0.851. The zero-order valence-electron chi connectivity index (χ0n) is 15.4. The Labute approximate surface area is 153 Å². The predicted octanol–water partition coefficient (Wildman–Crippen LogP) is 0.568. The fourth-order valence-corrected chi connectivity index (χ4v) is 4.60. The summed E-state index contributed by atoms with van der Waals surface area (Å²) in [4.78, 5) is 43.1. The van der Waals surface area contributed by atoms with E-state index in [4.69, 9.17) is 0 Å². The molecule has 2 atom stereocenters. The summed E-state index contributed by atoms with van der Waals surface area (Å²) in [7, 11) is 0. The molecule has 7 nitrogen and oxygen atoms in total. The van der Waals surface area contributed by atoms with Gasteiger partial charge >= 0.3 is 5.69 Å². The Morgan fingerprint density at radius 1 is 1.15 bits per heavy atom. The summed E-state index contributed by atoms with van der Waals surface area (Å²) < 4.78 is 1.32. The second-order valence-corrected chi connectivity index (χ2v) is 8.35. The minimum atomic E-state index is -0.515. The van der Waals surface area contributed by atoms with Gasteiger partial charge in [0.1, 0.15) is 6.54 Å². The molecule has 7 heteroatoms. The monoisotopic (exact) mass is 360 g/mol. The molecule has 3 saturated heterocycles. The molecule has 0 radical (unpaired) electrons. The van der Waals surface area contributed by atoms with Crippen molar-refractivity contribution in [3.05, 3.63) is 32.6 Å². The Kier molecular flexibility index (Phi) is 4.73. The number of aryl methyl sites for hydroxylation is 1. The number of hydrogen-bond acceptors (Lipinski definition) is 4. The minimum Gasteiger partial charge on any atom is -0.339 e. The summed E-state index contributed by atoms with van der Waals surface area (Å²) in [6.45, 7) is 5.47. The third kappa shape index (κ3) is 3.49. The number of carbonyl (C=O) groups is 1. The van der Waals surface area contributed by atoms with Crippen molar-refractivity contribution < 1.29 is 4.79 Å². The van der Waals surface area contributed by atoms with E-state index in [1.54, 1.807) is 6.92 Å². The van der Waals surface area contributed by atoms with Crippen LogP contribution < -0.4 is 11.2 Å². The summed E-state index contributed by atoms with van der Waals surface area (Å²) in [6.07, 6.45) is 7.90. The zero-order chi connectivity index (χ0) is 18.3. The molecule has 4 aliphatic rings. The summed E-state index contributed by atoms with van der Waals surface area (Å²) in [5, 5.41) is 0. The van der Waals surface area contributed by atoms with Gasteiger partial charge in [-0.15, -0.1) is 0 Å². The average Bonchev–Trinajstić information content (AvgIpc) is 2.88. The third-order valence-electron chi connectivity index (χ3n) is 6.39. The molecule has 1 aliphatic carbocycles. The van der Waals surface area contributed by atoms with Crippen LogP contribution in [0.3, 0.4) is 0 Å². The molecule has 0 spiro atoms. The minimum absolute atomic E-state index is 0.00147. The van der Waals surface area contributed by atoms with E-state index >= 15 is 0 Å². The van der Waals surface area contributed by atoms with Crippen molar-refractivity contribution in [1.82, 2.24) is 19.4 Å². The van der Waals surface area contributed by atoms with Gasteiger partial charge in [-0.2, -0.15) is 0 Å². The van der Waals surface area contributed by atoms with Crippen LogP contribution in [-0.2, 0) is 11.3 Å². The molecular formula is C19H28N4O3. The number of carbonyl (C=O) groups excluding carboxylic acids is 1. The molecule has 2 bridgehead atoms. The first-order valence-corrected chi connectivity index (χ1v) is 9.82. The molecule has 26 heavy (non-hydrogen) atoms. The van der Waals surface area contributed by atoms with E-state index in [9.17, 15) is 14.4 Å². The normalized spacial score (nSPS) is 26.6. The highest BCUT2D eigenvalue weighted by Gasteiger charge is 2.37. The van der Waals surface area contributed by atoms with Crippen molar-refractivity contribution in [3.8, 4) is 0 Å². The molecule has 142 valence electrons. The fourth-order valence-electron chi connectivity index (χ4n) is 4.60. The van der Waals surface area contributed by atoms with Crippen molar-refractivity contribution in [2.75, 3.05) is 26.2 Å². The molecule has 1 aromatic rings. The highest BCUT2D eigenvalue weighted by molar-refractivity contribution is 5.76. The Morgan fingerprint density at radius 3 is 2.69 bits per heavy atom. The van der Waals surface area contributed by atoms with Crippen LogP contribution in [0.1, 0.15) is 37.7 Å². The number of fused-ring (bicyclic) bond motifs is 4. The van der Waals surface area contributed by atoms with Gasteiger partial charge in [-0.3, -0.25) is 24.0 Å². The first kappa shape index (κ1) is 17.5. The second-order valence-electron chi connectivity index (χ2n) is 8.35. The van der Waals surface area contributed by atoms with E-state index in [0.29, 0.717) is 17.5 Å². The van der Waals surface area contributed by atoms with Crippen LogP contribution in [0.2, 0.25) is 0 Å². The Bertz CT molecular complexity index is 795. The van der Waals surface area contributed by atoms with Crippen molar-refractivity contribution in [1.29, 1.82) is 0 Å². The van der Waals surface area contributed by atoms with Gasteiger partial charge in [-0.25, -0.2) is 4.79 Å². The molecule has 0 aromatic carbocycles. The van der Waals surface area contributed by atoms with Crippen LogP contribution in [0.25, 0.3) is 0 Å². The Morgan fingerprint density at radius 2 is 1.96 bits per heavy atom. The number of nitrogens with one attached hydrogen (secondary N) is 1. The van der Waals surface area contributed by atoms with Gasteiger partial charge in [0.05, 0.1) is 0 Å². The number of hydrogen-bond donors (Lipinski definition) is 1. The van der Waals surface area contributed by atoms with E-state index < -0.39 is 11.2 Å². The molecular weight excluding hydrogens is 332 g/mol. The van der Waals surface area contributed by atoms with Gasteiger partial charge < -0.3 is 4.90 Å². The molecule has 1 saturated carbocycles. The average molecular weight is 360 g/mol. The van der Waals surface area contributed by atoms with Gasteiger partial charge in [0, 0.05) is 44.0 Å². The zero-order valence-corrected chi connectivity index (χ0v) is 15.4. The SMILES string of the molecule is Cc1cn(CC(=O)N2C[C@H]3CC[C@@H](C2)N(CC2CCC2)C3)c(=O)[nH]c1=O. The van der Waals surface area contributed by atoms with E-state index in [0.717, 1.165) is 25.6 Å². The third-order valence-corrected chi connectivity index (χ3v) is 6.39. The maximum absolute atomic E-state index is 12.8. The van der Waals surface area contributed by atoms with Crippen molar-refractivity contribution in [2.45, 2.75) is 51.6 Å². The summed E-state index contributed by atoms with van der Waals surface area (Å²) in [6, 6.07) is 0.451. The largest absolute Gasteiger partial charge is 0.339 e. The second kappa shape index (κ2) is 7.02. The van der Waals surface area contributed by atoms with Crippen LogP contribution in [0.15, 0.2) is 15.8 Å². The number of H-pyrrole nitrogens is 1. The van der Waals surface area contributed by atoms with E-state index in [-0.39, 0.29) is 12.5 Å². The van der Waals surface area contributed by atoms with Gasteiger partial charge in [0.2, 0.25) is 5.91 Å². The number of nitrogens with zero attached hydrogens (tertiary/aromatic N) is 3. The lowest BCUT2D eigenvalue weighted by atomic mass is 9.83. The molecule has 1 amide bonds. The number of aromatic amines is 1. The Hall–Kier alpha value is -1.89. The maximum atomic E-state index is 12.8. The number of aromatic nitrogens is 2. The fraction of sp³-hybridized carbons (Fsp3) is 0.737. The topological polar surface area (TPSA) is 78.4 Å². The van der Waals surface area contributed by atoms with Crippen LogP contribution in [0, 0.1) is 18.8 Å². The van der Waals surface area contributed by atoms with Crippen molar-refractivity contribution >= 4 is 5.91 Å². The smallest absolute Gasteiger partial charge is 0.328 e. The van der Waals surface area contributed by atoms with Crippen molar-refractivity contribution in [2.24, 2.45) is 11.8 Å². The molecule has 1 N–H and O–H groups in total. The maximum Gasteiger partial charge on any atom is 0.328 e. The van der Waals surface area contributed by atoms with Crippen LogP contribution in [-0.4, -0.2) is 57.5 Å². The number of rotatable bonds is 4. The molecule has 4 fully saturated rings. The molecule has 3 aliphatic heterocycles. The summed E-state index contributed by atoms with van der Waals surface area (Å²) in [5.74, 6) is 1.36. The van der Waals surface area contributed by atoms with Crippen LogP contribution in [0.5, 0.6) is 0 Å². The van der Waals surface area contributed by atoms with Crippen LogP contribution in [0.4, 0.5) is 0 Å². The van der Waals surface area contributed by atoms with Gasteiger partial charge in [0.15, 0.2) is 0 Å². The lowest BCUT2D eigenvalue weighted by Crippen LogP contribution is -2.47. The summed E-state index contributed by atoms with van der Waals surface area (Å²) in [5.41, 5.74) is -0.462. The predicted molar refractivity (Wildman–Crippen MR) is 98.1 cm³/mol.